The van der Waals surface area contributed by atoms with Gasteiger partial charge in [-0.25, -0.2) is 5.43 Å². The summed E-state index contributed by atoms with van der Waals surface area (Å²) in [6, 6.07) is 9.68. The number of ether oxygens (including phenoxy) is 2. The lowest BCUT2D eigenvalue weighted by atomic mass is 10.2. The van der Waals surface area contributed by atoms with E-state index in [-0.39, 0.29) is 5.69 Å². The van der Waals surface area contributed by atoms with E-state index in [0.717, 1.165) is 4.70 Å². The van der Waals surface area contributed by atoms with Crippen LogP contribution in [-0.2, 0) is 0 Å². The molecule has 8 nitrogen and oxygen atoms in total. The molecule has 0 aliphatic rings. The van der Waals surface area contributed by atoms with Crippen LogP contribution in [0.15, 0.2) is 46.0 Å². The molecular weight excluding hydrogens is 474 g/mol. The summed E-state index contributed by atoms with van der Waals surface area (Å²) in [7, 11) is 0. The van der Waals surface area contributed by atoms with Crippen LogP contribution in [0.4, 0.5) is 5.69 Å². The van der Waals surface area contributed by atoms with E-state index in [1.807, 2.05) is 19.9 Å². The molecule has 0 radical (unpaired) electrons. The molecule has 0 bridgehead atoms. The van der Waals surface area contributed by atoms with E-state index in [0.29, 0.717) is 45.0 Å². The van der Waals surface area contributed by atoms with Gasteiger partial charge in [0.1, 0.15) is 0 Å². The number of hydrogen-bond acceptors (Lipinski definition) is 7. The Balaban J connectivity index is 1.75. The van der Waals surface area contributed by atoms with Gasteiger partial charge in [0.25, 0.3) is 11.6 Å². The van der Waals surface area contributed by atoms with Crippen LogP contribution in [0.3, 0.4) is 0 Å². The standard InChI is InChI=1S/C20H18BrN3O5S/c1-3-28-16-8-12(7-15(21)19(16)29-4-2)11-22-23-20(25)18-10-13-9-14(24(26)27)5-6-17(13)30-18/h5-11H,3-4H2,1-2H3,(H,23,25)/b22-11-. The van der Waals surface area contributed by atoms with Gasteiger partial charge in [-0.1, -0.05) is 0 Å². The number of hydrazone groups is 1. The van der Waals surface area contributed by atoms with E-state index >= 15 is 0 Å². The number of nitrogens with zero attached hydrogens (tertiary/aromatic N) is 2. The summed E-state index contributed by atoms with van der Waals surface area (Å²) in [5, 5.41) is 15.5. The van der Waals surface area contributed by atoms with Crippen molar-refractivity contribution >= 4 is 55.2 Å². The van der Waals surface area contributed by atoms with Crippen molar-refractivity contribution in [2.24, 2.45) is 5.10 Å². The number of halogens is 1. The second-order valence-corrected chi connectivity index (χ2v) is 7.92. The number of hydrogen-bond donors (Lipinski definition) is 1. The molecule has 1 heterocycles. The van der Waals surface area contributed by atoms with Gasteiger partial charge in [-0.3, -0.25) is 14.9 Å². The van der Waals surface area contributed by atoms with Crippen molar-refractivity contribution in [1.82, 2.24) is 5.43 Å². The van der Waals surface area contributed by atoms with Gasteiger partial charge in [0.2, 0.25) is 0 Å². The van der Waals surface area contributed by atoms with Crippen LogP contribution in [0.1, 0.15) is 29.1 Å². The Kier molecular flexibility index (Phi) is 7.01. The topological polar surface area (TPSA) is 103 Å². The molecule has 3 rings (SSSR count). The largest absolute Gasteiger partial charge is 0.490 e. The van der Waals surface area contributed by atoms with Gasteiger partial charge >= 0.3 is 0 Å². The summed E-state index contributed by atoms with van der Waals surface area (Å²) in [6.07, 6.45) is 1.50. The van der Waals surface area contributed by atoms with Crippen molar-refractivity contribution < 1.29 is 19.2 Å². The Morgan fingerprint density at radius 3 is 2.70 bits per heavy atom. The van der Waals surface area contributed by atoms with E-state index in [9.17, 15) is 14.9 Å². The summed E-state index contributed by atoms with van der Waals surface area (Å²) in [5.74, 6) is 0.789. The summed E-state index contributed by atoms with van der Waals surface area (Å²) in [4.78, 5) is 23.2. The molecule has 1 amide bonds. The number of nitro benzene ring substituents is 1. The number of fused-ring (bicyclic) bond motifs is 1. The second-order valence-electron chi connectivity index (χ2n) is 5.99. The fraction of sp³-hybridized carbons (Fsp3) is 0.200. The molecule has 0 spiro atoms. The van der Waals surface area contributed by atoms with Crippen molar-refractivity contribution in [2.45, 2.75) is 13.8 Å². The summed E-state index contributed by atoms with van der Waals surface area (Å²) in [6.45, 7) is 4.75. The minimum absolute atomic E-state index is 0.0172. The Labute approximate surface area is 184 Å². The lowest BCUT2D eigenvalue weighted by Gasteiger charge is -2.13. The number of nitro groups is 1. The first-order valence-electron chi connectivity index (χ1n) is 9.03. The van der Waals surface area contributed by atoms with Crippen molar-refractivity contribution in [2.75, 3.05) is 13.2 Å². The molecule has 3 aromatic rings. The number of thiophene rings is 1. The number of rotatable bonds is 8. The summed E-state index contributed by atoms with van der Waals surface area (Å²) in [5.41, 5.74) is 3.17. The van der Waals surface area contributed by atoms with Crippen LogP contribution in [0.5, 0.6) is 11.5 Å². The molecule has 30 heavy (non-hydrogen) atoms. The third-order valence-corrected chi connectivity index (χ3v) is 5.64. The summed E-state index contributed by atoms with van der Waals surface area (Å²) >= 11 is 4.70. The molecule has 0 atom stereocenters. The minimum atomic E-state index is -0.466. The molecule has 156 valence electrons. The van der Waals surface area contributed by atoms with Crippen molar-refractivity contribution in [3.63, 3.8) is 0 Å². The number of carbonyl (C=O) groups is 1. The highest BCUT2D eigenvalue weighted by Gasteiger charge is 2.14. The third kappa shape index (κ3) is 4.95. The van der Waals surface area contributed by atoms with Crippen LogP contribution in [0, 0.1) is 10.1 Å². The number of carbonyl (C=O) groups excluding carboxylic acids is 1. The SMILES string of the molecule is CCOc1cc(/C=N\NC(=O)c2cc3cc([N+](=O)[O-])ccc3s2)cc(Br)c1OCC. The molecule has 1 aromatic heterocycles. The van der Waals surface area contributed by atoms with Gasteiger partial charge in [-0.2, -0.15) is 5.10 Å². The second kappa shape index (κ2) is 9.68. The zero-order chi connectivity index (χ0) is 21.7. The minimum Gasteiger partial charge on any atom is -0.490 e. The Bertz CT molecular complexity index is 1130. The van der Waals surface area contributed by atoms with E-state index in [1.165, 1.54) is 29.7 Å². The smallest absolute Gasteiger partial charge is 0.281 e. The van der Waals surface area contributed by atoms with E-state index < -0.39 is 10.8 Å². The molecule has 1 N–H and O–H groups in total. The van der Waals surface area contributed by atoms with E-state index in [4.69, 9.17) is 9.47 Å². The fourth-order valence-corrected chi connectivity index (χ4v) is 4.19. The highest BCUT2D eigenvalue weighted by molar-refractivity contribution is 9.10. The molecule has 0 unspecified atom stereocenters. The molecule has 0 aliphatic carbocycles. The van der Waals surface area contributed by atoms with Crippen molar-refractivity contribution in [3.05, 3.63) is 61.4 Å². The average Bonchev–Trinajstić information content (AvgIpc) is 3.14. The highest BCUT2D eigenvalue weighted by Crippen LogP contribution is 2.36. The molecule has 2 aromatic carbocycles. The van der Waals surface area contributed by atoms with Gasteiger partial charge < -0.3 is 9.47 Å². The first kappa shape index (κ1) is 21.7. The molecule has 0 saturated carbocycles. The Morgan fingerprint density at radius 2 is 2.00 bits per heavy atom. The maximum Gasteiger partial charge on any atom is 0.281 e. The van der Waals surface area contributed by atoms with Crippen LogP contribution < -0.4 is 14.9 Å². The summed E-state index contributed by atoms with van der Waals surface area (Å²) < 4.78 is 12.7. The molecule has 0 saturated heterocycles. The van der Waals surface area contributed by atoms with Crippen LogP contribution in [0.2, 0.25) is 0 Å². The van der Waals surface area contributed by atoms with Crippen molar-refractivity contribution in [1.29, 1.82) is 0 Å². The highest BCUT2D eigenvalue weighted by atomic mass is 79.9. The lowest BCUT2D eigenvalue weighted by molar-refractivity contribution is -0.384. The maximum atomic E-state index is 12.4. The average molecular weight is 492 g/mol. The fourth-order valence-electron chi connectivity index (χ4n) is 2.69. The van der Waals surface area contributed by atoms with Gasteiger partial charge in [-0.15, -0.1) is 11.3 Å². The number of nitrogens with one attached hydrogen (secondary N) is 1. The first-order chi connectivity index (χ1) is 14.4. The molecule has 10 heteroatoms. The molecular formula is C20H18BrN3O5S. The predicted molar refractivity (Wildman–Crippen MR) is 120 cm³/mol. The Morgan fingerprint density at radius 1 is 1.23 bits per heavy atom. The number of benzene rings is 2. The third-order valence-electron chi connectivity index (χ3n) is 3.93. The van der Waals surface area contributed by atoms with Crippen LogP contribution >= 0.6 is 27.3 Å². The van der Waals surface area contributed by atoms with E-state index in [2.05, 4.69) is 26.5 Å². The molecule has 0 aliphatic heterocycles. The maximum absolute atomic E-state index is 12.4. The van der Waals surface area contributed by atoms with E-state index in [1.54, 1.807) is 18.2 Å². The molecule has 0 fully saturated rings. The zero-order valence-corrected chi connectivity index (χ0v) is 18.6. The number of non-ortho nitro benzene ring substituents is 1. The van der Waals surface area contributed by atoms with Gasteiger partial charge in [-0.05, 0) is 59.6 Å². The van der Waals surface area contributed by atoms with Gasteiger partial charge in [0, 0.05) is 22.2 Å². The zero-order valence-electron chi connectivity index (χ0n) is 16.2. The first-order valence-corrected chi connectivity index (χ1v) is 10.6. The van der Waals surface area contributed by atoms with Crippen molar-refractivity contribution in [3.8, 4) is 11.5 Å². The lowest BCUT2D eigenvalue weighted by Crippen LogP contribution is -2.16. The normalized spacial score (nSPS) is 11.0. The Hall–Kier alpha value is -2.98. The van der Waals surface area contributed by atoms with Gasteiger partial charge in [0.05, 0.1) is 33.7 Å². The van der Waals surface area contributed by atoms with Crippen LogP contribution in [-0.4, -0.2) is 30.3 Å². The quantitative estimate of drug-likeness (QED) is 0.267. The van der Waals surface area contributed by atoms with Gasteiger partial charge in [0.15, 0.2) is 11.5 Å². The number of amides is 1. The van der Waals surface area contributed by atoms with Crippen LogP contribution in [0.25, 0.3) is 10.1 Å². The predicted octanol–water partition coefficient (Wildman–Crippen LogP) is 5.13. The monoisotopic (exact) mass is 491 g/mol.